The zero-order valence-corrected chi connectivity index (χ0v) is 17.1. The molecule has 1 aliphatic carbocycles. The van der Waals surface area contributed by atoms with E-state index in [1.165, 1.54) is 32.5 Å². The van der Waals surface area contributed by atoms with Crippen LogP contribution in [0.15, 0.2) is 48.7 Å². The second-order valence-corrected chi connectivity index (χ2v) is 8.99. The van der Waals surface area contributed by atoms with Crippen LogP contribution in [0.3, 0.4) is 0 Å². The van der Waals surface area contributed by atoms with Crippen LogP contribution >= 0.6 is 0 Å². The van der Waals surface area contributed by atoms with E-state index >= 15 is 0 Å². The van der Waals surface area contributed by atoms with Crippen molar-refractivity contribution in [1.82, 2.24) is 20.1 Å². The molecule has 6 heteroatoms. The van der Waals surface area contributed by atoms with Crippen molar-refractivity contribution in [3.05, 3.63) is 48.7 Å². The fraction of sp³-hybridized carbons (Fsp3) is 0.458. The van der Waals surface area contributed by atoms with E-state index in [2.05, 4.69) is 55.7 Å². The molecule has 1 aromatic carbocycles. The number of benzene rings is 1. The molecule has 154 valence electrons. The van der Waals surface area contributed by atoms with Crippen molar-refractivity contribution < 1.29 is 4.74 Å². The number of nitrogens with one attached hydrogen (secondary N) is 1. The van der Waals surface area contributed by atoms with E-state index in [0.717, 1.165) is 58.9 Å². The molecule has 2 unspecified atom stereocenters. The van der Waals surface area contributed by atoms with Crippen LogP contribution in [0.25, 0.3) is 22.2 Å². The van der Waals surface area contributed by atoms with Gasteiger partial charge in [0.2, 0.25) is 0 Å². The fourth-order valence-electron chi connectivity index (χ4n) is 5.24. The Morgan fingerprint density at radius 3 is 2.67 bits per heavy atom. The normalized spacial score (nSPS) is 26.6. The number of anilines is 1. The lowest BCUT2D eigenvalue weighted by Crippen LogP contribution is -2.34. The Balaban J connectivity index is 1.05. The first-order chi connectivity index (χ1) is 14.8. The number of hydrogen-bond donors (Lipinski definition) is 1. The third-order valence-electron chi connectivity index (χ3n) is 7.00. The molecule has 1 saturated carbocycles. The van der Waals surface area contributed by atoms with Gasteiger partial charge in [-0.05, 0) is 60.9 Å². The molecule has 0 amide bonds. The van der Waals surface area contributed by atoms with Crippen LogP contribution in [0, 0.1) is 17.8 Å². The van der Waals surface area contributed by atoms with Crippen molar-refractivity contribution in [3.63, 3.8) is 0 Å². The summed E-state index contributed by atoms with van der Waals surface area (Å²) in [6, 6.07) is 14.9. The van der Waals surface area contributed by atoms with Gasteiger partial charge in [0.15, 0.2) is 0 Å². The zero-order valence-electron chi connectivity index (χ0n) is 17.1. The maximum Gasteiger partial charge on any atom is 0.148 e. The van der Waals surface area contributed by atoms with Gasteiger partial charge in [0.25, 0.3) is 0 Å². The average molecular weight is 402 g/mol. The molecule has 2 aliphatic heterocycles. The van der Waals surface area contributed by atoms with Gasteiger partial charge in [0, 0.05) is 56.0 Å². The molecule has 2 saturated heterocycles. The molecule has 6 nitrogen and oxygen atoms in total. The minimum atomic E-state index is 0.558. The van der Waals surface area contributed by atoms with Crippen molar-refractivity contribution in [1.29, 1.82) is 0 Å². The summed E-state index contributed by atoms with van der Waals surface area (Å²) in [7, 11) is 0. The monoisotopic (exact) mass is 401 g/mol. The van der Waals surface area contributed by atoms with E-state index < -0.39 is 0 Å². The minimum absolute atomic E-state index is 0.558. The number of fused-ring (bicyclic) bond motifs is 2. The van der Waals surface area contributed by atoms with Crippen molar-refractivity contribution in [3.8, 4) is 11.3 Å². The molecule has 4 heterocycles. The third kappa shape index (κ3) is 3.55. The molecule has 2 aromatic heterocycles. The number of hydrogen-bond acceptors (Lipinski definition) is 6. The summed E-state index contributed by atoms with van der Waals surface area (Å²) < 4.78 is 5.49. The van der Waals surface area contributed by atoms with Crippen molar-refractivity contribution >= 4 is 16.7 Å². The maximum absolute atomic E-state index is 5.49. The standard InChI is InChI=1S/C24H27N5O/c1-2-17-12-18(3-4-21(17)25-9-1)22-5-6-23(28-27-22)26-24-19-14-29(15-20(19)24)13-16-7-10-30-11-8-16/h1-6,9,12,16,19-20,24H,7-8,10-11,13-15H2,(H,26,28). The van der Waals surface area contributed by atoms with Gasteiger partial charge in [-0.2, -0.15) is 0 Å². The average Bonchev–Trinajstić information content (AvgIpc) is 3.23. The summed E-state index contributed by atoms with van der Waals surface area (Å²) in [6.07, 6.45) is 4.27. The molecule has 6 rings (SSSR count). The van der Waals surface area contributed by atoms with E-state index in [0.29, 0.717) is 6.04 Å². The summed E-state index contributed by atoms with van der Waals surface area (Å²) in [5, 5.41) is 13.7. The zero-order chi connectivity index (χ0) is 19.9. The predicted octanol–water partition coefficient (Wildman–Crippen LogP) is 3.46. The van der Waals surface area contributed by atoms with Gasteiger partial charge in [0.1, 0.15) is 5.82 Å². The summed E-state index contributed by atoms with van der Waals surface area (Å²) in [4.78, 5) is 7.04. The highest BCUT2D eigenvalue weighted by atomic mass is 16.5. The van der Waals surface area contributed by atoms with Crippen LogP contribution in [0.2, 0.25) is 0 Å². The molecule has 3 aromatic rings. The first-order valence-corrected chi connectivity index (χ1v) is 11.1. The van der Waals surface area contributed by atoms with Crippen molar-refractivity contribution in [2.75, 3.05) is 38.2 Å². The lowest BCUT2D eigenvalue weighted by molar-refractivity contribution is 0.0540. The van der Waals surface area contributed by atoms with Gasteiger partial charge in [0.05, 0.1) is 11.2 Å². The van der Waals surface area contributed by atoms with E-state index in [9.17, 15) is 0 Å². The SMILES string of the molecule is c1cnc2ccc(-c3ccc(NC4C5CN(CC6CCOCC6)CC54)nn3)cc2c1. The van der Waals surface area contributed by atoms with E-state index in [-0.39, 0.29) is 0 Å². The first-order valence-electron chi connectivity index (χ1n) is 11.1. The van der Waals surface area contributed by atoms with Crippen molar-refractivity contribution in [2.45, 2.75) is 18.9 Å². The molecule has 0 radical (unpaired) electrons. The van der Waals surface area contributed by atoms with Gasteiger partial charge in [-0.15, -0.1) is 10.2 Å². The van der Waals surface area contributed by atoms with Gasteiger partial charge in [-0.25, -0.2) is 0 Å². The number of ether oxygens (including phenoxy) is 1. The molecule has 0 spiro atoms. The highest BCUT2D eigenvalue weighted by Gasteiger charge is 2.55. The molecule has 2 atom stereocenters. The Hall–Kier alpha value is -2.57. The Morgan fingerprint density at radius 2 is 1.87 bits per heavy atom. The summed E-state index contributed by atoms with van der Waals surface area (Å²) in [5.74, 6) is 3.24. The number of likely N-dealkylation sites (tertiary alicyclic amines) is 1. The quantitative estimate of drug-likeness (QED) is 0.706. The fourth-order valence-corrected chi connectivity index (χ4v) is 5.24. The Kier molecular flexibility index (Phi) is 4.61. The van der Waals surface area contributed by atoms with Crippen LogP contribution in [0.1, 0.15) is 12.8 Å². The summed E-state index contributed by atoms with van der Waals surface area (Å²) in [6.45, 7) is 5.58. The number of aromatic nitrogens is 3. The maximum atomic E-state index is 5.49. The highest BCUT2D eigenvalue weighted by Crippen LogP contribution is 2.47. The third-order valence-corrected chi connectivity index (χ3v) is 7.00. The number of rotatable bonds is 5. The number of piperidine rings is 1. The second kappa shape index (κ2) is 7.60. The van der Waals surface area contributed by atoms with E-state index in [4.69, 9.17) is 4.74 Å². The second-order valence-electron chi connectivity index (χ2n) is 8.99. The molecular formula is C24H27N5O. The predicted molar refractivity (Wildman–Crippen MR) is 117 cm³/mol. The van der Waals surface area contributed by atoms with Crippen LogP contribution in [-0.2, 0) is 4.74 Å². The molecule has 30 heavy (non-hydrogen) atoms. The van der Waals surface area contributed by atoms with Crippen LogP contribution in [0.4, 0.5) is 5.82 Å². The first kappa shape index (κ1) is 18.2. The smallest absolute Gasteiger partial charge is 0.148 e. The van der Waals surface area contributed by atoms with Gasteiger partial charge >= 0.3 is 0 Å². The molecule has 3 aliphatic rings. The van der Waals surface area contributed by atoms with Crippen LogP contribution in [0.5, 0.6) is 0 Å². The van der Waals surface area contributed by atoms with E-state index in [1.54, 1.807) is 0 Å². The van der Waals surface area contributed by atoms with Crippen molar-refractivity contribution in [2.24, 2.45) is 17.8 Å². The molecule has 0 bridgehead atoms. The van der Waals surface area contributed by atoms with Gasteiger partial charge in [-0.1, -0.05) is 12.1 Å². The van der Waals surface area contributed by atoms with Gasteiger partial charge in [-0.3, -0.25) is 4.98 Å². The Labute approximate surface area is 176 Å². The van der Waals surface area contributed by atoms with E-state index in [1.807, 2.05) is 18.3 Å². The van der Waals surface area contributed by atoms with Gasteiger partial charge < -0.3 is 15.0 Å². The number of nitrogens with zero attached hydrogens (tertiary/aromatic N) is 4. The Morgan fingerprint density at radius 1 is 1.00 bits per heavy atom. The molecule has 3 fully saturated rings. The lowest BCUT2D eigenvalue weighted by Gasteiger charge is -2.28. The minimum Gasteiger partial charge on any atom is -0.381 e. The number of pyridine rings is 1. The molecular weight excluding hydrogens is 374 g/mol. The molecule has 1 N–H and O–H groups in total. The van der Waals surface area contributed by atoms with Crippen LogP contribution < -0.4 is 5.32 Å². The lowest BCUT2D eigenvalue weighted by atomic mass is 10.00. The summed E-state index contributed by atoms with van der Waals surface area (Å²) >= 11 is 0. The van der Waals surface area contributed by atoms with Crippen LogP contribution in [-0.4, -0.2) is 59.0 Å². The topological polar surface area (TPSA) is 63.2 Å². The Bertz CT molecular complexity index is 1020. The summed E-state index contributed by atoms with van der Waals surface area (Å²) in [5.41, 5.74) is 2.96. The highest BCUT2D eigenvalue weighted by molar-refractivity contribution is 5.83. The largest absolute Gasteiger partial charge is 0.381 e.